The van der Waals surface area contributed by atoms with Crippen LogP contribution in [0.4, 0.5) is 0 Å². The normalized spacial score (nSPS) is 19.5. The first-order valence-electron chi connectivity index (χ1n) is 7.49. The standard InChI is InChI=1S/C14H25N3O3S/c1-11(2)15-9-12-8-14(10-16-12)21(18,19)17-6-5-13-4-3-7-20-13/h8,10-11,13,15-17H,3-7,9H2,1-2H3. The Hall–Kier alpha value is -0.890. The van der Waals surface area contributed by atoms with Crippen molar-refractivity contribution in [2.24, 2.45) is 0 Å². The summed E-state index contributed by atoms with van der Waals surface area (Å²) in [6.45, 7) is 5.93. The highest BCUT2D eigenvalue weighted by Crippen LogP contribution is 2.15. The predicted octanol–water partition coefficient (Wildman–Crippen LogP) is 1.36. The molecule has 0 aromatic carbocycles. The summed E-state index contributed by atoms with van der Waals surface area (Å²) < 4.78 is 32.4. The van der Waals surface area contributed by atoms with Gasteiger partial charge in [-0.3, -0.25) is 0 Å². The van der Waals surface area contributed by atoms with Crippen LogP contribution in [0.15, 0.2) is 17.2 Å². The van der Waals surface area contributed by atoms with E-state index < -0.39 is 10.0 Å². The Kier molecular flexibility index (Phi) is 5.80. The van der Waals surface area contributed by atoms with Crippen molar-refractivity contribution >= 4 is 10.0 Å². The molecule has 0 amide bonds. The van der Waals surface area contributed by atoms with Crippen LogP contribution in [0.5, 0.6) is 0 Å². The van der Waals surface area contributed by atoms with Crippen molar-refractivity contribution in [3.8, 4) is 0 Å². The molecule has 1 aliphatic heterocycles. The van der Waals surface area contributed by atoms with Crippen molar-refractivity contribution in [1.29, 1.82) is 0 Å². The van der Waals surface area contributed by atoms with E-state index >= 15 is 0 Å². The summed E-state index contributed by atoms with van der Waals surface area (Å²) in [5.74, 6) is 0. The van der Waals surface area contributed by atoms with Crippen LogP contribution in [0.1, 0.15) is 38.8 Å². The molecule has 0 bridgehead atoms. The van der Waals surface area contributed by atoms with Gasteiger partial charge in [0.1, 0.15) is 0 Å². The molecule has 6 nitrogen and oxygen atoms in total. The first-order chi connectivity index (χ1) is 9.97. The lowest BCUT2D eigenvalue weighted by Crippen LogP contribution is -2.27. The molecule has 1 aliphatic rings. The number of rotatable bonds is 8. The molecule has 2 heterocycles. The maximum absolute atomic E-state index is 12.2. The maximum atomic E-state index is 12.2. The lowest BCUT2D eigenvalue weighted by atomic mass is 10.2. The lowest BCUT2D eigenvalue weighted by molar-refractivity contribution is 0.105. The fraction of sp³-hybridized carbons (Fsp3) is 0.714. The number of aromatic nitrogens is 1. The average Bonchev–Trinajstić information content (AvgIpc) is 3.07. The first-order valence-corrected chi connectivity index (χ1v) is 8.97. The van der Waals surface area contributed by atoms with E-state index in [1.54, 1.807) is 6.07 Å². The molecular weight excluding hydrogens is 290 g/mol. The van der Waals surface area contributed by atoms with Gasteiger partial charge in [-0.2, -0.15) is 0 Å². The number of aromatic amines is 1. The molecule has 120 valence electrons. The van der Waals surface area contributed by atoms with Crippen molar-refractivity contribution in [1.82, 2.24) is 15.0 Å². The number of hydrogen-bond acceptors (Lipinski definition) is 4. The minimum absolute atomic E-state index is 0.199. The van der Waals surface area contributed by atoms with Crippen molar-refractivity contribution in [3.05, 3.63) is 18.0 Å². The summed E-state index contributed by atoms with van der Waals surface area (Å²) in [7, 11) is -3.43. The minimum atomic E-state index is -3.43. The number of hydrogen-bond donors (Lipinski definition) is 3. The molecule has 0 radical (unpaired) electrons. The first kappa shape index (κ1) is 16.5. The van der Waals surface area contributed by atoms with E-state index in [1.807, 2.05) is 13.8 Å². The third-order valence-electron chi connectivity index (χ3n) is 3.51. The van der Waals surface area contributed by atoms with E-state index in [0.717, 1.165) is 31.6 Å². The van der Waals surface area contributed by atoms with Gasteiger partial charge < -0.3 is 15.0 Å². The molecule has 2 rings (SSSR count). The van der Waals surface area contributed by atoms with Gasteiger partial charge in [-0.15, -0.1) is 0 Å². The molecule has 1 saturated heterocycles. The van der Waals surface area contributed by atoms with Gasteiger partial charge in [0.15, 0.2) is 0 Å². The quantitative estimate of drug-likeness (QED) is 0.676. The molecular formula is C14H25N3O3S. The zero-order chi connectivity index (χ0) is 15.3. The van der Waals surface area contributed by atoms with Crippen molar-refractivity contribution in [2.45, 2.75) is 56.7 Å². The zero-order valence-corrected chi connectivity index (χ0v) is 13.5. The smallest absolute Gasteiger partial charge is 0.242 e. The van der Waals surface area contributed by atoms with Gasteiger partial charge in [0, 0.05) is 37.6 Å². The van der Waals surface area contributed by atoms with E-state index in [-0.39, 0.29) is 11.0 Å². The fourth-order valence-corrected chi connectivity index (χ4v) is 3.36. The number of ether oxygens (including phenoxy) is 1. The van der Waals surface area contributed by atoms with Crippen molar-refractivity contribution in [3.63, 3.8) is 0 Å². The van der Waals surface area contributed by atoms with Crippen LogP contribution >= 0.6 is 0 Å². The van der Waals surface area contributed by atoms with Crippen LogP contribution in [0.3, 0.4) is 0 Å². The van der Waals surface area contributed by atoms with Crippen LogP contribution in [-0.2, 0) is 21.3 Å². The van der Waals surface area contributed by atoms with Gasteiger partial charge in [0.2, 0.25) is 10.0 Å². The predicted molar refractivity (Wildman–Crippen MR) is 81.5 cm³/mol. The molecule has 1 aromatic rings. The molecule has 1 unspecified atom stereocenters. The molecule has 21 heavy (non-hydrogen) atoms. The second-order valence-electron chi connectivity index (χ2n) is 5.72. The highest BCUT2D eigenvalue weighted by Gasteiger charge is 2.19. The Balaban J connectivity index is 1.83. The molecule has 7 heteroatoms. The number of sulfonamides is 1. The van der Waals surface area contributed by atoms with Crippen LogP contribution in [0, 0.1) is 0 Å². The van der Waals surface area contributed by atoms with E-state index in [2.05, 4.69) is 15.0 Å². The maximum Gasteiger partial charge on any atom is 0.242 e. The molecule has 1 aromatic heterocycles. The highest BCUT2D eigenvalue weighted by atomic mass is 32.2. The second kappa shape index (κ2) is 7.40. The molecule has 0 spiro atoms. The molecule has 3 N–H and O–H groups in total. The van der Waals surface area contributed by atoms with Gasteiger partial charge in [0.25, 0.3) is 0 Å². The number of nitrogens with one attached hydrogen (secondary N) is 3. The summed E-state index contributed by atoms with van der Waals surface area (Å²) in [6, 6.07) is 2.03. The topological polar surface area (TPSA) is 83.2 Å². The van der Waals surface area contributed by atoms with Gasteiger partial charge in [-0.05, 0) is 25.3 Å². The fourth-order valence-electron chi connectivity index (χ4n) is 2.30. The van der Waals surface area contributed by atoms with Crippen LogP contribution in [0.2, 0.25) is 0 Å². The third kappa shape index (κ3) is 5.10. The Morgan fingerprint density at radius 3 is 2.95 bits per heavy atom. The molecule has 1 fully saturated rings. The van der Waals surface area contributed by atoms with Gasteiger partial charge in [-0.25, -0.2) is 13.1 Å². The van der Waals surface area contributed by atoms with Gasteiger partial charge in [-0.1, -0.05) is 13.8 Å². The second-order valence-corrected chi connectivity index (χ2v) is 7.48. The Morgan fingerprint density at radius 2 is 2.29 bits per heavy atom. The Morgan fingerprint density at radius 1 is 1.48 bits per heavy atom. The average molecular weight is 315 g/mol. The Bertz CT molecular complexity index is 533. The molecule has 1 atom stereocenters. The summed E-state index contributed by atoms with van der Waals surface area (Å²) in [6.07, 6.45) is 4.56. The van der Waals surface area contributed by atoms with E-state index in [9.17, 15) is 8.42 Å². The molecule has 0 saturated carbocycles. The Labute approximate surface area is 126 Å². The zero-order valence-electron chi connectivity index (χ0n) is 12.7. The largest absolute Gasteiger partial charge is 0.378 e. The van der Waals surface area contributed by atoms with Gasteiger partial charge >= 0.3 is 0 Å². The van der Waals surface area contributed by atoms with Crippen molar-refractivity contribution in [2.75, 3.05) is 13.2 Å². The SMILES string of the molecule is CC(C)NCc1cc(S(=O)(=O)NCCC2CCCO2)c[nH]1. The molecule has 0 aliphatic carbocycles. The van der Waals surface area contributed by atoms with Crippen molar-refractivity contribution < 1.29 is 13.2 Å². The summed E-state index contributed by atoms with van der Waals surface area (Å²) in [5, 5.41) is 3.24. The number of H-pyrrole nitrogens is 1. The monoisotopic (exact) mass is 315 g/mol. The summed E-state index contributed by atoms with van der Waals surface area (Å²) in [4.78, 5) is 3.28. The van der Waals surface area contributed by atoms with Crippen LogP contribution in [-0.4, -0.2) is 38.7 Å². The lowest BCUT2D eigenvalue weighted by Gasteiger charge is -2.09. The van der Waals surface area contributed by atoms with Crippen LogP contribution in [0.25, 0.3) is 0 Å². The summed E-state index contributed by atoms with van der Waals surface area (Å²) >= 11 is 0. The van der Waals surface area contributed by atoms with E-state index in [0.29, 0.717) is 19.1 Å². The van der Waals surface area contributed by atoms with Crippen LogP contribution < -0.4 is 10.0 Å². The van der Waals surface area contributed by atoms with Gasteiger partial charge in [0.05, 0.1) is 11.0 Å². The highest BCUT2D eigenvalue weighted by molar-refractivity contribution is 7.89. The summed E-state index contributed by atoms with van der Waals surface area (Å²) in [5.41, 5.74) is 0.864. The van der Waals surface area contributed by atoms with E-state index in [4.69, 9.17) is 4.74 Å². The minimum Gasteiger partial charge on any atom is -0.378 e. The third-order valence-corrected chi connectivity index (χ3v) is 4.95. The van der Waals surface area contributed by atoms with E-state index in [1.165, 1.54) is 6.20 Å².